The molecule has 3 fully saturated rings. The van der Waals surface area contributed by atoms with E-state index in [1.165, 1.54) is 24.0 Å². The predicted molar refractivity (Wildman–Crippen MR) is 138 cm³/mol. The zero-order valence-electron chi connectivity index (χ0n) is 20.4. The smallest absolute Gasteiger partial charge is 0.414 e. The molecule has 3 aromatic rings. The maximum atomic E-state index is 9.23. The molecule has 7 heteroatoms. The third-order valence-corrected chi connectivity index (χ3v) is 7.14. The van der Waals surface area contributed by atoms with Crippen LogP contribution in [0.1, 0.15) is 41.0 Å². The number of nitriles is 1. The standard InChI is InChI=1S/C28H28N2O.C2H2O4/c29-19-21-8-7-9-22(18-21)20-31-28-25-14-16-30(17-15-25)27(28)26(23-10-3-1-4-11-23)24-12-5-2-6-13-24;3-1(4)2(5)6/h1-13,18,25-28H,14-17,20H2;(H,3,4)(H,5,6). The first kappa shape index (κ1) is 26.1. The predicted octanol–water partition coefficient (Wildman–Crippen LogP) is 4.53. The molecule has 7 nitrogen and oxygen atoms in total. The van der Waals surface area contributed by atoms with Crippen molar-refractivity contribution in [3.63, 3.8) is 0 Å². The zero-order valence-corrected chi connectivity index (χ0v) is 20.4. The molecule has 2 bridgehead atoms. The highest BCUT2D eigenvalue weighted by molar-refractivity contribution is 6.27. The number of ether oxygens (including phenoxy) is 1. The Morgan fingerprint density at radius 1 is 0.892 bits per heavy atom. The number of aliphatic carboxylic acids is 2. The van der Waals surface area contributed by atoms with Crippen LogP contribution in [0.4, 0.5) is 0 Å². The van der Waals surface area contributed by atoms with Gasteiger partial charge in [-0.2, -0.15) is 5.26 Å². The topological polar surface area (TPSA) is 111 Å². The molecule has 2 unspecified atom stereocenters. The second kappa shape index (κ2) is 12.3. The van der Waals surface area contributed by atoms with E-state index in [-0.39, 0.29) is 12.0 Å². The van der Waals surface area contributed by atoms with Gasteiger partial charge >= 0.3 is 11.9 Å². The molecular formula is C30H30N2O5. The fraction of sp³-hybridized carbons (Fsp3) is 0.300. The van der Waals surface area contributed by atoms with Crippen molar-refractivity contribution in [3.8, 4) is 6.07 Å². The summed E-state index contributed by atoms with van der Waals surface area (Å²) in [5.74, 6) is -2.78. The van der Waals surface area contributed by atoms with E-state index in [0.29, 0.717) is 24.1 Å². The minimum absolute atomic E-state index is 0.179. The number of hydrogen-bond donors (Lipinski definition) is 2. The number of carbonyl (C=O) groups is 2. The van der Waals surface area contributed by atoms with Crippen molar-refractivity contribution >= 4 is 11.9 Å². The van der Waals surface area contributed by atoms with Gasteiger partial charge in [0.2, 0.25) is 0 Å². The second-order valence-corrected chi connectivity index (χ2v) is 9.36. The third kappa shape index (κ3) is 6.42. The minimum atomic E-state index is -1.82. The van der Waals surface area contributed by atoms with Crippen molar-refractivity contribution in [1.82, 2.24) is 4.90 Å². The molecule has 3 aliphatic heterocycles. The molecule has 0 aliphatic carbocycles. The molecule has 3 heterocycles. The summed E-state index contributed by atoms with van der Waals surface area (Å²) >= 11 is 0. The van der Waals surface area contributed by atoms with Gasteiger partial charge in [0.05, 0.1) is 24.3 Å². The molecule has 0 amide bonds. The van der Waals surface area contributed by atoms with Crippen molar-refractivity contribution in [2.24, 2.45) is 5.92 Å². The van der Waals surface area contributed by atoms with Crippen LogP contribution in [0.2, 0.25) is 0 Å². The van der Waals surface area contributed by atoms with Crippen molar-refractivity contribution in [3.05, 3.63) is 107 Å². The summed E-state index contributed by atoms with van der Waals surface area (Å²) < 4.78 is 6.69. The van der Waals surface area contributed by atoms with Gasteiger partial charge in [0.25, 0.3) is 0 Å². The lowest BCUT2D eigenvalue weighted by Gasteiger charge is -2.53. The highest BCUT2D eigenvalue weighted by atomic mass is 16.5. The maximum absolute atomic E-state index is 9.23. The summed E-state index contributed by atoms with van der Waals surface area (Å²) in [6.07, 6.45) is 2.59. The molecule has 37 heavy (non-hydrogen) atoms. The molecule has 2 N–H and O–H groups in total. The first-order valence-electron chi connectivity index (χ1n) is 12.4. The largest absolute Gasteiger partial charge is 0.473 e. The van der Waals surface area contributed by atoms with E-state index >= 15 is 0 Å². The van der Waals surface area contributed by atoms with E-state index in [1.54, 1.807) is 0 Å². The van der Waals surface area contributed by atoms with Crippen LogP contribution in [0.25, 0.3) is 0 Å². The molecule has 6 rings (SSSR count). The van der Waals surface area contributed by atoms with Gasteiger partial charge in [0.1, 0.15) is 0 Å². The molecular weight excluding hydrogens is 468 g/mol. The van der Waals surface area contributed by atoms with E-state index in [9.17, 15) is 5.26 Å². The number of rotatable bonds is 6. The SMILES string of the molecule is N#Cc1cccc(COC2C3CCN(CC3)C2C(c2ccccc2)c2ccccc2)c1.O=C(O)C(=O)O. The third-order valence-electron chi connectivity index (χ3n) is 7.14. The Bertz CT molecular complexity index is 1180. The van der Waals surface area contributed by atoms with E-state index in [1.807, 2.05) is 18.2 Å². The highest BCUT2D eigenvalue weighted by Crippen LogP contribution is 2.43. The average Bonchev–Trinajstić information content (AvgIpc) is 2.94. The van der Waals surface area contributed by atoms with Crippen LogP contribution in [-0.2, 0) is 20.9 Å². The van der Waals surface area contributed by atoms with Crippen LogP contribution in [0.15, 0.2) is 84.9 Å². The molecule has 3 aliphatic rings. The average molecular weight is 499 g/mol. The Morgan fingerprint density at radius 3 is 1.97 bits per heavy atom. The van der Waals surface area contributed by atoms with Gasteiger partial charge < -0.3 is 14.9 Å². The van der Waals surface area contributed by atoms with Crippen LogP contribution in [0.3, 0.4) is 0 Å². The lowest BCUT2D eigenvalue weighted by molar-refractivity contribution is -0.159. The van der Waals surface area contributed by atoms with Gasteiger partial charge in [-0.15, -0.1) is 0 Å². The summed E-state index contributed by atoms with van der Waals surface area (Å²) in [4.78, 5) is 20.9. The van der Waals surface area contributed by atoms with Crippen molar-refractivity contribution in [2.45, 2.75) is 37.5 Å². The van der Waals surface area contributed by atoms with Gasteiger partial charge in [-0.05, 0) is 60.7 Å². The molecule has 3 aromatic carbocycles. The Labute approximate surface area is 216 Å². The molecule has 0 aromatic heterocycles. The Balaban J connectivity index is 0.000000480. The molecule has 0 radical (unpaired) electrons. The summed E-state index contributed by atoms with van der Waals surface area (Å²) in [6.45, 7) is 2.85. The molecule has 190 valence electrons. The number of benzene rings is 3. The number of carboxylic acids is 2. The van der Waals surface area contributed by atoms with Crippen LogP contribution in [0, 0.1) is 17.2 Å². The number of hydrogen-bond acceptors (Lipinski definition) is 5. The fourth-order valence-electron chi connectivity index (χ4n) is 5.50. The molecule has 3 saturated heterocycles. The van der Waals surface area contributed by atoms with Crippen LogP contribution < -0.4 is 0 Å². The van der Waals surface area contributed by atoms with Crippen LogP contribution in [0.5, 0.6) is 0 Å². The van der Waals surface area contributed by atoms with Gasteiger partial charge in [-0.1, -0.05) is 72.8 Å². The number of fused-ring (bicyclic) bond motifs is 3. The van der Waals surface area contributed by atoms with E-state index in [0.717, 1.165) is 18.7 Å². The first-order valence-corrected chi connectivity index (χ1v) is 12.4. The Hall–Kier alpha value is -3.99. The summed E-state index contributed by atoms with van der Waals surface area (Å²) in [6, 6.07) is 32.1. The quantitative estimate of drug-likeness (QED) is 0.481. The van der Waals surface area contributed by atoms with Gasteiger partial charge in [-0.3, -0.25) is 4.90 Å². The molecule has 0 saturated carbocycles. The monoisotopic (exact) mass is 498 g/mol. The molecule has 0 spiro atoms. The summed E-state index contributed by atoms with van der Waals surface area (Å²) in [7, 11) is 0. The summed E-state index contributed by atoms with van der Waals surface area (Å²) in [5.41, 5.74) is 4.47. The summed E-state index contributed by atoms with van der Waals surface area (Å²) in [5, 5.41) is 24.0. The first-order chi connectivity index (χ1) is 18.0. The normalized spacial score (nSPS) is 21.9. The van der Waals surface area contributed by atoms with E-state index in [4.69, 9.17) is 24.5 Å². The number of piperidine rings is 3. The van der Waals surface area contributed by atoms with Crippen molar-refractivity contribution in [2.75, 3.05) is 13.1 Å². The van der Waals surface area contributed by atoms with Gasteiger partial charge in [0.15, 0.2) is 0 Å². The second-order valence-electron chi connectivity index (χ2n) is 9.36. The number of nitrogens with zero attached hydrogens (tertiary/aromatic N) is 2. The van der Waals surface area contributed by atoms with E-state index < -0.39 is 11.9 Å². The van der Waals surface area contributed by atoms with Gasteiger partial charge in [-0.25, -0.2) is 9.59 Å². The minimum Gasteiger partial charge on any atom is -0.473 e. The lowest BCUT2D eigenvalue weighted by Crippen LogP contribution is -2.60. The highest BCUT2D eigenvalue weighted by Gasteiger charge is 2.47. The molecule has 2 atom stereocenters. The lowest BCUT2D eigenvalue weighted by atomic mass is 9.72. The maximum Gasteiger partial charge on any atom is 0.414 e. The Morgan fingerprint density at radius 2 is 1.46 bits per heavy atom. The van der Waals surface area contributed by atoms with Gasteiger partial charge in [0, 0.05) is 12.0 Å². The van der Waals surface area contributed by atoms with Crippen LogP contribution >= 0.6 is 0 Å². The van der Waals surface area contributed by atoms with Crippen molar-refractivity contribution < 1.29 is 24.5 Å². The number of carboxylic acid groups (broad SMARTS) is 2. The fourth-order valence-corrected chi connectivity index (χ4v) is 5.50. The van der Waals surface area contributed by atoms with E-state index in [2.05, 4.69) is 77.7 Å². The van der Waals surface area contributed by atoms with Crippen LogP contribution in [-0.4, -0.2) is 52.3 Å². The Kier molecular flexibility index (Phi) is 8.68. The van der Waals surface area contributed by atoms with Crippen molar-refractivity contribution in [1.29, 1.82) is 5.26 Å². The zero-order chi connectivity index (χ0) is 26.2.